The second kappa shape index (κ2) is 7.04. The van der Waals surface area contributed by atoms with E-state index in [-0.39, 0.29) is 29.3 Å². The number of aliphatic imine (C=N–C) groups is 1. The highest BCUT2D eigenvalue weighted by molar-refractivity contribution is 6.03. The first kappa shape index (κ1) is 19.2. The predicted octanol–water partition coefficient (Wildman–Crippen LogP) is 2.31. The minimum Gasteiger partial charge on any atom is -0.382 e. The van der Waals surface area contributed by atoms with Crippen molar-refractivity contribution in [3.63, 3.8) is 0 Å². The van der Waals surface area contributed by atoms with Crippen LogP contribution in [-0.4, -0.2) is 26.5 Å². The second-order valence-corrected chi connectivity index (χ2v) is 6.97. The molecule has 1 aliphatic rings. The fourth-order valence-corrected chi connectivity index (χ4v) is 3.31. The number of fused-ring (bicyclic) bond motifs is 1. The smallest absolute Gasteiger partial charge is 0.274 e. The maximum absolute atomic E-state index is 14.7. The zero-order valence-electron chi connectivity index (χ0n) is 15.7. The molecule has 3 N–H and O–H groups in total. The molecule has 150 valence electrons. The first-order chi connectivity index (χ1) is 14.3. The molecule has 3 heterocycles. The number of aromatic nitrogens is 3. The summed E-state index contributed by atoms with van der Waals surface area (Å²) in [6, 6.07) is 9.87. The first-order valence-corrected chi connectivity index (χ1v) is 8.86. The van der Waals surface area contributed by atoms with Crippen LogP contribution in [0, 0.1) is 23.0 Å². The van der Waals surface area contributed by atoms with E-state index < -0.39 is 23.1 Å². The molecule has 3 aromatic rings. The summed E-state index contributed by atoms with van der Waals surface area (Å²) in [7, 11) is 0. The van der Waals surface area contributed by atoms with E-state index in [1.54, 1.807) is 6.92 Å². The highest BCUT2D eigenvalue weighted by Crippen LogP contribution is 2.34. The number of pyridine rings is 1. The van der Waals surface area contributed by atoms with Crippen molar-refractivity contribution in [3.05, 3.63) is 76.9 Å². The highest BCUT2D eigenvalue weighted by atomic mass is 19.1. The van der Waals surface area contributed by atoms with Crippen LogP contribution in [0.4, 0.5) is 14.5 Å². The van der Waals surface area contributed by atoms with E-state index in [0.29, 0.717) is 11.4 Å². The Labute approximate surface area is 169 Å². The number of benzene rings is 1. The number of carbonyl (C=O) groups excluding carboxylic acids is 1. The third-order valence-corrected chi connectivity index (χ3v) is 4.75. The van der Waals surface area contributed by atoms with Crippen LogP contribution in [0.5, 0.6) is 0 Å². The summed E-state index contributed by atoms with van der Waals surface area (Å²) in [4.78, 5) is 20.5. The van der Waals surface area contributed by atoms with Crippen LogP contribution in [0.25, 0.3) is 0 Å². The predicted molar refractivity (Wildman–Crippen MR) is 104 cm³/mol. The molecule has 4 rings (SSSR count). The standard InChI is InChI=1S/C20H15F2N7O/c1-20(10-29-17(18(24)27-20)7-13(8-23)28-29)14-6-12(3-4-15(14)22)26-19(30)16-5-2-11(21)9-25-16/h2-7,9H,10H2,1H3,(H2,24,27)(H,26,30). The SMILES string of the molecule is CC1(c2cc(NC(=O)c3ccc(F)cn3)ccc2F)Cn2nc(C#N)cc2C(N)=N1. The van der Waals surface area contributed by atoms with Gasteiger partial charge in [0.25, 0.3) is 5.91 Å². The Bertz CT molecular complexity index is 1230. The summed E-state index contributed by atoms with van der Waals surface area (Å²) in [5.74, 6) is -1.54. The van der Waals surface area contributed by atoms with Crippen molar-refractivity contribution in [2.24, 2.45) is 10.7 Å². The maximum atomic E-state index is 14.7. The number of carbonyl (C=O) groups is 1. The molecule has 1 unspecified atom stereocenters. The zero-order chi connectivity index (χ0) is 21.5. The van der Waals surface area contributed by atoms with Crippen molar-refractivity contribution < 1.29 is 13.6 Å². The van der Waals surface area contributed by atoms with Gasteiger partial charge in [0.05, 0.1) is 12.7 Å². The quantitative estimate of drug-likeness (QED) is 0.690. The third kappa shape index (κ3) is 3.37. The van der Waals surface area contributed by atoms with Gasteiger partial charge in [0, 0.05) is 17.3 Å². The minimum atomic E-state index is -1.12. The lowest BCUT2D eigenvalue weighted by molar-refractivity contribution is 0.102. The van der Waals surface area contributed by atoms with E-state index >= 15 is 0 Å². The number of rotatable bonds is 3. The van der Waals surface area contributed by atoms with Crippen LogP contribution < -0.4 is 11.1 Å². The van der Waals surface area contributed by atoms with E-state index in [1.165, 1.54) is 35.0 Å². The van der Waals surface area contributed by atoms with Gasteiger partial charge in [-0.05, 0) is 37.3 Å². The fourth-order valence-electron chi connectivity index (χ4n) is 3.31. The van der Waals surface area contributed by atoms with Crippen molar-refractivity contribution in [3.8, 4) is 6.07 Å². The minimum absolute atomic E-state index is 0.0126. The zero-order valence-corrected chi connectivity index (χ0v) is 15.7. The van der Waals surface area contributed by atoms with Crippen molar-refractivity contribution in [1.29, 1.82) is 5.26 Å². The molecule has 1 amide bonds. The molecule has 30 heavy (non-hydrogen) atoms. The maximum Gasteiger partial charge on any atom is 0.274 e. The fraction of sp³-hybridized carbons (Fsp3) is 0.150. The molecule has 8 nitrogen and oxygen atoms in total. The largest absolute Gasteiger partial charge is 0.382 e. The van der Waals surface area contributed by atoms with Gasteiger partial charge in [0.2, 0.25) is 0 Å². The monoisotopic (exact) mass is 407 g/mol. The Hall–Kier alpha value is -4.13. The summed E-state index contributed by atoms with van der Waals surface area (Å²) in [6.45, 7) is 1.83. The summed E-state index contributed by atoms with van der Waals surface area (Å²) in [5.41, 5.74) is 6.09. The molecule has 1 atom stereocenters. The number of anilines is 1. The van der Waals surface area contributed by atoms with Crippen LogP contribution in [0.3, 0.4) is 0 Å². The number of nitrogens with two attached hydrogens (primary N) is 1. The number of nitrogens with zero attached hydrogens (tertiary/aromatic N) is 5. The Morgan fingerprint density at radius 3 is 2.80 bits per heavy atom. The molecular weight excluding hydrogens is 392 g/mol. The van der Waals surface area contributed by atoms with Gasteiger partial charge in [0.15, 0.2) is 5.69 Å². The van der Waals surface area contributed by atoms with Gasteiger partial charge in [-0.25, -0.2) is 13.8 Å². The summed E-state index contributed by atoms with van der Waals surface area (Å²) in [5, 5.41) is 15.8. The molecule has 0 aliphatic carbocycles. The van der Waals surface area contributed by atoms with E-state index in [9.17, 15) is 13.6 Å². The van der Waals surface area contributed by atoms with Gasteiger partial charge in [0.1, 0.15) is 40.5 Å². The normalized spacial score (nSPS) is 17.6. The molecule has 0 bridgehead atoms. The summed E-state index contributed by atoms with van der Waals surface area (Å²) in [6.07, 6.45) is 0.933. The highest BCUT2D eigenvalue weighted by Gasteiger charge is 2.35. The number of nitriles is 1. The first-order valence-electron chi connectivity index (χ1n) is 8.86. The molecule has 0 fully saturated rings. The summed E-state index contributed by atoms with van der Waals surface area (Å²) >= 11 is 0. The van der Waals surface area contributed by atoms with Gasteiger partial charge in [-0.15, -0.1) is 0 Å². The van der Waals surface area contributed by atoms with Gasteiger partial charge in [-0.3, -0.25) is 14.5 Å². The Balaban J connectivity index is 1.66. The van der Waals surface area contributed by atoms with Crippen LogP contribution in [-0.2, 0) is 12.1 Å². The topological polar surface area (TPSA) is 122 Å². The number of amides is 1. The van der Waals surface area contributed by atoms with Crippen LogP contribution in [0.15, 0.2) is 47.6 Å². The number of hydrogen-bond donors (Lipinski definition) is 2. The molecule has 0 radical (unpaired) electrons. The van der Waals surface area contributed by atoms with Gasteiger partial charge in [-0.1, -0.05) is 0 Å². The lowest BCUT2D eigenvalue weighted by atomic mass is 9.90. The van der Waals surface area contributed by atoms with Crippen LogP contribution in [0.2, 0.25) is 0 Å². The van der Waals surface area contributed by atoms with E-state index in [4.69, 9.17) is 11.0 Å². The lowest BCUT2D eigenvalue weighted by Crippen LogP contribution is -2.37. The molecule has 0 saturated heterocycles. The Kier molecular flexibility index (Phi) is 4.50. The van der Waals surface area contributed by atoms with Crippen molar-refractivity contribution in [2.75, 3.05) is 5.32 Å². The molecule has 1 aliphatic heterocycles. The average molecular weight is 407 g/mol. The lowest BCUT2D eigenvalue weighted by Gasteiger charge is -2.31. The average Bonchev–Trinajstić information content (AvgIpc) is 3.13. The van der Waals surface area contributed by atoms with E-state index in [1.807, 2.05) is 6.07 Å². The van der Waals surface area contributed by atoms with Crippen molar-refractivity contribution in [2.45, 2.75) is 19.0 Å². The molecule has 0 spiro atoms. The van der Waals surface area contributed by atoms with Crippen LogP contribution in [0.1, 0.15) is 34.4 Å². The van der Waals surface area contributed by atoms with Gasteiger partial charge < -0.3 is 11.1 Å². The number of halogens is 2. The number of nitrogens with one attached hydrogen (secondary N) is 1. The van der Waals surface area contributed by atoms with Crippen LogP contribution >= 0.6 is 0 Å². The van der Waals surface area contributed by atoms with Crippen molar-refractivity contribution >= 4 is 17.4 Å². The summed E-state index contributed by atoms with van der Waals surface area (Å²) < 4.78 is 29.2. The molecule has 10 heteroatoms. The molecular formula is C20H15F2N7O. The molecule has 2 aromatic heterocycles. The van der Waals surface area contributed by atoms with Gasteiger partial charge >= 0.3 is 0 Å². The Morgan fingerprint density at radius 1 is 1.30 bits per heavy atom. The molecule has 1 aromatic carbocycles. The Morgan fingerprint density at radius 2 is 2.10 bits per heavy atom. The number of amidine groups is 1. The van der Waals surface area contributed by atoms with E-state index in [2.05, 4.69) is 20.4 Å². The van der Waals surface area contributed by atoms with Crippen molar-refractivity contribution in [1.82, 2.24) is 14.8 Å². The second-order valence-electron chi connectivity index (χ2n) is 6.97. The number of hydrogen-bond acceptors (Lipinski definition) is 6. The molecule has 0 saturated carbocycles. The third-order valence-electron chi connectivity index (χ3n) is 4.75. The van der Waals surface area contributed by atoms with E-state index in [0.717, 1.165) is 12.3 Å². The van der Waals surface area contributed by atoms with Gasteiger partial charge in [-0.2, -0.15) is 10.4 Å².